The number of nitrogens with one attached hydrogen (secondary N) is 2. The SMILES string of the molecule is Cc1nc([C@H]2OCC[C@H]2CNS(=O)(=O)c2ccccc2C)n[nH]1. The highest BCUT2D eigenvalue weighted by atomic mass is 32.2. The van der Waals surface area contributed by atoms with Crippen LogP contribution in [-0.4, -0.2) is 36.8 Å². The van der Waals surface area contributed by atoms with Crippen LogP contribution in [0.15, 0.2) is 29.2 Å². The Morgan fingerprint density at radius 3 is 2.83 bits per heavy atom. The lowest BCUT2D eigenvalue weighted by molar-refractivity contribution is 0.0848. The molecule has 2 atom stereocenters. The molecular formula is C15H20N4O3S. The Kier molecular flexibility index (Phi) is 4.47. The van der Waals surface area contributed by atoms with Crippen LogP contribution >= 0.6 is 0 Å². The Bertz CT molecular complexity index is 788. The lowest BCUT2D eigenvalue weighted by atomic mass is 10.0. The van der Waals surface area contributed by atoms with E-state index in [2.05, 4.69) is 19.9 Å². The van der Waals surface area contributed by atoms with E-state index in [1.54, 1.807) is 25.1 Å². The van der Waals surface area contributed by atoms with Crippen LogP contribution in [0.1, 0.15) is 29.7 Å². The Labute approximate surface area is 135 Å². The zero-order valence-corrected chi connectivity index (χ0v) is 13.9. The Hall–Kier alpha value is -1.77. The maximum absolute atomic E-state index is 12.5. The third-order valence-electron chi connectivity index (χ3n) is 4.00. The van der Waals surface area contributed by atoms with E-state index in [1.165, 1.54) is 0 Å². The molecule has 1 aromatic heterocycles. The summed E-state index contributed by atoms with van der Waals surface area (Å²) in [4.78, 5) is 4.60. The third-order valence-corrected chi connectivity index (χ3v) is 5.59. The predicted octanol–water partition coefficient (Wildman–Crippen LogP) is 1.48. The molecule has 124 valence electrons. The highest BCUT2D eigenvalue weighted by molar-refractivity contribution is 7.89. The molecule has 1 aromatic carbocycles. The molecule has 0 bridgehead atoms. The maximum atomic E-state index is 12.5. The molecule has 2 aromatic rings. The van der Waals surface area contributed by atoms with Gasteiger partial charge in [0.1, 0.15) is 11.9 Å². The van der Waals surface area contributed by atoms with E-state index in [-0.39, 0.29) is 12.0 Å². The van der Waals surface area contributed by atoms with E-state index >= 15 is 0 Å². The standard InChI is InChI=1S/C15H20N4O3S/c1-10-5-3-4-6-13(10)23(20,21)16-9-12-7-8-22-14(12)15-17-11(2)18-19-15/h3-6,12,14,16H,7-9H2,1-2H3,(H,17,18,19)/t12-,14-/m0/s1. The van der Waals surface area contributed by atoms with Crippen molar-refractivity contribution in [2.75, 3.05) is 13.2 Å². The van der Waals surface area contributed by atoms with Gasteiger partial charge < -0.3 is 4.74 Å². The van der Waals surface area contributed by atoms with Crippen molar-refractivity contribution in [2.45, 2.75) is 31.3 Å². The highest BCUT2D eigenvalue weighted by Crippen LogP contribution is 2.32. The lowest BCUT2D eigenvalue weighted by Crippen LogP contribution is -2.31. The number of aryl methyl sites for hydroxylation is 2. The quantitative estimate of drug-likeness (QED) is 0.862. The average Bonchev–Trinajstić information content (AvgIpc) is 3.14. The molecule has 2 heterocycles. The van der Waals surface area contributed by atoms with Gasteiger partial charge in [-0.3, -0.25) is 5.10 Å². The van der Waals surface area contributed by atoms with Crippen molar-refractivity contribution < 1.29 is 13.2 Å². The van der Waals surface area contributed by atoms with E-state index in [4.69, 9.17) is 4.74 Å². The van der Waals surface area contributed by atoms with Crippen molar-refractivity contribution in [3.63, 3.8) is 0 Å². The molecule has 1 aliphatic rings. The molecule has 0 spiro atoms. The first kappa shape index (κ1) is 16.1. The number of sulfonamides is 1. The number of hydrogen-bond donors (Lipinski definition) is 2. The van der Waals surface area contributed by atoms with Crippen LogP contribution in [0.5, 0.6) is 0 Å². The summed E-state index contributed by atoms with van der Waals surface area (Å²) in [5.41, 5.74) is 0.726. The topological polar surface area (TPSA) is 97.0 Å². The largest absolute Gasteiger partial charge is 0.370 e. The second kappa shape index (κ2) is 6.38. The number of benzene rings is 1. The monoisotopic (exact) mass is 336 g/mol. The first-order chi connectivity index (χ1) is 11.0. The van der Waals surface area contributed by atoms with Crippen LogP contribution in [0.4, 0.5) is 0 Å². The number of rotatable bonds is 5. The zero-order chi connectivity index (χ0) is 16.4. The number of H-pyrrole nitrogens is 1. The first-order valence-electron chi connectivity index (χ1n) is 7.53. The van der Waals surface area contributed by atoms with Crippen molar-refractivity contribution in [2.24, 2.45) is 5.92 Å². The zero-order valence-electron chi connectivity index (χ0n) is 13.1. The van der Waals surface area contributed by atoms with Gasteiger partial charge in [-0.25, -0.2) is 18.1 Å². The fraction of sp³-hybridized carbons (Fsp3) is 0.467. The van der Waals surface area contributed by atoms with Crippen molar-refractivity contribution in [1.29, 1.82) is 0 Å². The first-order valence-corrected chi connectivity index (χ1v) is 9.01. The minimum atomic E-state index is -3.53. The molecule has 0 unspecified atom stereocenters. The van der Waals surface area contributed by atoms with Gasteiger partial charge in [0.05, 0.1) is 4.90 Å². The number of ether oxygens (including phenoxy) is 1. The molecule has 3 rings (SSSR count). The minimum absolute atomic E-state index is 0.0176. The second-order valence-electron chi connectivity index (χ2n) is 5.74. The fourth-order valence-electron chi connectivity index (χ4n) is 2.77. The van der Waals surface area contributed by atoms with Crippen molar-refractivity contribution in [3.05, 3.63) is 41.5 Å². The van der Waals surface area contributed by atoms with E-state index in [9.17, 15) is 8.42 Å². The molecule has 0 radical (unpaired) electrons. The highest BCUT2D eigenvalue weighted by Gasteiger charge is 2.33. The molecule has 1 fully saturated rings. The Morgan fingerprint density at radius 2 is 2.13 bits per heavy atom. The van der Waals surface area contributed by atoms with E-state index in [0.29, 0.717) is 23.9 Å². The molecule has 1 aliphatic heterocycles. The lowest BCUT2D eigenvalue weighted by Gasteiger charge is -2.17. The minimum Gasteiger partial charge on any atom is -0.370 e. The Balaban J connectivity index is 1.71. The smallest absolute Gasteiger partial charge is 0.240 e. The predicted molar refractivity (Wildman–Crippen MR) is 84.3 cm³/mol. The summed E-state index contributed by atoms with van der Waals surface area (Å²) in [6, 6.07) is 6.94. The summed E-state index contributed by atoms with van der Waals surface area (Å²) in [6.45, 7) is 4.48. The van der Waals surface area contributed by atoms with Crippen molar-refractivity contribution in [3.8, 4) is 0 Å². The Morgan fingerprint density at radius 1 is 1.35 bits per heavy atom. The summed E-state index contributed by atoms with van der Waals surface area (Å²) in [5, 5.41) is 6.92. The van der Waals surface area contributed by atoms with Gasteiger partial charge in [0.15, 0.2) is 5.82 Å². The van der Waals surface area contributed by atoms with Crippen LogP contribution in [0.2, 0.25) is 0 Å². The maximum Gasteiger partial charge on any atom is 0.240 e. The van der Waals surface area contributed by atoms with Gasteiger partial charge in [-0.05, 0) is 31.9 Å². The number of aromatic nitrogens is 3. The van der Waals surface area contributed by atoms with Crippen LogP contribution in [0.3, 0.4) is 0 Å². The molecule has 0 aliphatic carbocycles. The summed E-state index contributed by atoms with van der Waals surface area (Å²) in [7, 11) is -3.53. The van der Waals surface area contributed by atoms with Gasteiger partial charge in [-0.15, -0.1) is 0 Å². The third kappa shape index (κ3) is 3.44. The molecule has 0 amide bonds. The molecule has 2 N–H and O–H groups in total. The normalized spacial score (nSPS) is 21.7. The summed E-state index contributed by atoms with van der Waals surface area (Å²) in [6.07, 6.45) is 0.494. The van der Waals surface area contributed by atoms with E-state index in [1.807, 2.05) is 13.0 Å². The number of hydrogen-bond acceptors (Lipinski definition) is 5. The number of nitrogens with zero attached hydrogens (tertiary/aromatic N) is 2. The second-order valence-corrected chi connectivity index (χ2v) is 7.47. The molecule has 23 heavy (non-hydrogen) atoms. The summed E-state index contributed by atoms with van der Waals surface area (Å²) >= 11 is 0. The van der Waals surface area contributed by atoms with Crippen molar-refractivity contribution in [1.82, 2.24) is 19.9 Å². The van der Waals surface area contributed by atoms with Crippen LogP contribution < -0.4 is 4.72 Å². The van der Waals surface area contributed by atoms with Crippen LogP contribution in [0, 0.1) is 19.8 Å². The fourth-order valence-corrected chi connectivity index (χ4v) is 4.11. The molecule has 1 saturated heterocycles. The van der Waals surface area contributed by atoms with Gasteiger partial charge in [0.25, 0.3) is 0 Å². The van der Waals surface area contributed by atoms with Crippen molar-refractivity contribution >= 4 is 10.0 Å². The van der Waals surface area contributed by atoms with E-state index in [0.717, 1.165) is 17.8 Å². The van der Waals surface area contributed by atoms with Crippen LogP contribution in [0.25, 0.3) is 0 Å². The number of aromatic amines is 1. The molecule has 7 nitrogen and oxygen atoms in total. The molecular weight excluding hydrogens is 316 g/mol. The molecule has 8 heteroatoms. The molecule has 0 saturated carbocycles. The van der Waals surface area contributed by atoms with Gasteiger partial charge >= 0.3 is 0 Å². The van der Waals surface area contributed by atoms with Gasteiger partial charge in [0.2, 0.25) is 10.0 Å². The van der Waals surface area contributed by atoms with Gasteiger partial charge in [0, 0.05) is 19.1 Å². The van der Waals surface area contributed by atoms with E-state index < -0.39 is 10.0 Å². The summed E-state index contributed by atoms with van der Waals surface area (Å²) in [5.74, 6) is 1.32. The average molecular weight is 336 g/mol. The van der Waals surface area contributed by atoms with Gasteiger partial charge in [-0.2, -0.15) is 5.10 Å². The van der Waals surface area contributed by atoms with Crippen LogP contribution in [-0.2, 0) is 14.8 Å². The van der Waals surface area contributed by atoms with Gasteiger partial charge in [-0.1, -0.05) is 18.2 Å². The summed E-state index contributed by atoms with van der Waals surface area (Å²) < 4.78 is 33.3.